The molecular weight excluding hydrogens is 444 g/mol. The van der Waals surface area contributed by atoms with Gasteiger partial charge in [0, 0.05) is 43.5 Å². The summed E-state index contributed by atoms with van der Waals surface area (Å²) in [5, 5.41) is 0.561. The molecule has 2 aliphatic rings. The van der Waals surface area contributed by atoms with Crippen LogP contribution >= 0.6 is 12.2 Å². The normalized spacial score (nSPS) is 19.4. The summed E-state index contributed by atoms with van der Waals surface area (Å²) in [7, 11) is 0. The molecule has 0 radical (unpaired) electrons. The fraction of sp³-hybridized carbons (Fsp3) is 0.370. The lowest BCUT2D eigenvalue weighted by molar-refractivity contribution is 0.0747. The van der Waals surface area contributed by atoms with Crippen molar-refractivity contribution in [2.45, 2.75) is 32.2 Å². The van der Waals surface area contributed by atoms with Crippen molar-refractivity contribution in [3.8, 4) is 0 Å². The van der Waals surface area contributed by atoms with Crippen molar-refractivity contribution in [3.05, 3.63) is 81.4 Å². The SMILES string of the molecule is CC(C1C=CCCC1)n1c(=S)[nH]c2cc(C(=O)N3CCN(c4ccccc4)CC3)ccc2c1=O. The number of rotatable bonds is 4. The number of nitrogens with zero attached hydrogens (tertiary/aromatic N) is 3. The van der Waals surface area contributed by atoms with E-state index in [2.05, 4.69) is 41.1 Å². The molecule has 1 aliphatic heterocycles. The molecule has 5 rings (SSSR count). The van der Waals surface area contributed by atoms with Crippen molar-refractivity contribution in [1.82, 2.24) is 14.5 Å². The molecule has 176 valence electrons. The van der Waals surface area contributed by atoms with E-state index in [4.69, 9.17) is 12.2 Å². The second-order valence-electron chi connectivity index (χ2n) is 9.24. The molecule has 0 saturated carbocycles. The molecule has 2 atom stereocenters. The summed E-state index contributed by atoms with van der Waals surface area (Å²) < 4.78 is 2.10. The van der Waals surface area contributed by atoms with E-state index in [1.54, 1.807) is 22.8 Å². The molecule has 34 heavy (non-hydrogen) atoms. The van der Waals surface area contributed by atoms with Gasteiger partial charge in [0.05, 0.1) is 10.9 Å². The van der Waals surface area contributed by atoms with E-state index in [0.717, 1.165) is 32.4 Å². The van der Waals surface area contributed by atoms with Crippen LogP contribution in [0.4, 0.5) is 5.69 Å². The van der Waals surface area contributed by atoms with Gasteiger partial charge in [-0.1, -0.05) is 30.4 Å². The fourth-order valence-corrected chi connectivity index (χ4v) is 5.51. The Hall–Kier alpha value is -3.19. The van der Waals surface area contributed by atoms with Crippen LogP contribution in [-0.4, -0.2) is 46.5 Å². The van der Waals surface area contributed by atoms with Crippen LogP contribution in [0.3, 0.4) is 0 Å². The number of fused-ring (bicyclic) bond motifs is 1. The molecule has 1 amide bonds. The fourth-order valence-electron chi connectivity index (χ4n) is 5.16. The number of piperazine rings is 1. The summed E-state index contributed by atoms with van der Waals surface area (Å²) in [5.41, 5.74) is 2.28. The molecule has 2 unspecified atom stereocenters. The lowest BCUT2D eigenvalue weighted by atomic mass is 9.90. The highest BCUT2D eigenvalue weighted by Gasteiger charge is 2.24. The number of allylic oxidation sites excluding steroid dienone is 2. The van der Waals surface area contributed by atoms with E-state index >= 15 is 0 Å². The molecule has 2 aromatic carbocycles. The van der Waals surface area contributed by atoms with Gasteiger partial charge in [-0.2, -0.15) is 0 Å². The molecule has 3 aromatic rings. The maximum absolute atomic E-state index is 13.3. The van der Waals surface area contributed by atoms with Gasteiger partial charge in [0.25, 0.3) is 11.5 Å². The molecule has 7 heteroatoms. The molecule has 1 N–H and O–H groups in total. The Morgan fingerprint density at radius 3 is 2.56 bits per heavy atom. The largest absolute Gasteiger partial charge is 0.368 e. The molecule has 1 saturated heterocycles. The van der Waals surface area contributed by atoms with Crippen LogP contribution in [0.2, 0.25) is 0 Å². The number of aromatic nitrogens is 2. The summed E-state index contributed by atoms with van der Waals surface area (Å²) in [4.78, 5) is 34.0. The number of carbonyl (C=O) groups excluding carboxylic acids is 1. The zero-order chi connectivity index (χ0) is 23.7. The molecule has 0 spiro atoms. The van der Waals surface area contributed by atoms with Crippen molar-refractivity contribution < 1.29 is 4.79 Å². The molecule has 1 aliphatic carbocycles. The third-order valence-electron chi connectivity index (χ3n) is 7.18. The van der Waals surface area contributed by atoms with E-state index < -0.39 is 0 Å². The molecule has 6 nitrogen and oxygen atoms in total. The Labute approximate surface area is 204 Å². The molecule has 2 heterocycles. The van der Waals surface area contributed by atoms with E-state index in [0.29, 0.717) is 40.2 Å². The number of aromatic amines is 1. The Morgan fingerprint density at radius 2 is 1.85 bits per heavy atom. The highest BCUT2D eigenvalue weighted by Crippen LogP contribution is 2.28. The maximum atomic E-state index is 13.3. The van der Waals surface area contributed by atoms with Crippen LogP contribution in [0.25, 0.3) is 10.9 Å². The van der Waals surface area contributed by atoms with E-state index in [1.165, 1.54) is 5.69 Å². The highest BCUT2D eigenvalue weighted by molar-refractivity contribution is 7.71. The van der Waals surface area contributed by atoms with Gasteiger partial charge in [0.15, 0.2) is 4.77 Å². The van der Waals surface area contributed by atoms with Crippen LogP contribution in [0.15, 0.2) is 65.5 Å². The second-order valence-corrected chi connectivity index (χ2v) is 9.63. The lowest BCUT2D eigenvalue weighted by Gasteiger charge is -2.36. The number of hydrogen-bond acceptors (Lipinski definition) is 4. The third-order valence-corrected chi connectivity index (χ3v) is 7.48. The van der Waals surface area contributed by atoms with Gasteiger partial charge in [-0.15, -0.1) is 0 Å². The van der Waals surface area contributed by atoms with Crippen molar-refractivity contribution in [3.63, 3.8) is 0 Å². The minimum absolute atomic E-state index is 0.0144. The number of nitrogens with one attached hydrogen (secondary N) is 1. The van der Waals surface area contributed by atoms with Crippen LogP contribution in [-0.2, 0) is 0 Å². The second kappa shape index (κ2) is 9.58. The quantitative estimate of drug-likeness (QED) is 0.430. The summed E-state index contributed by atoms with van der Waals surface area (Å²) in [6, 6.07) is 15.6. The first kappa shape index (κ1) is 22.6. The number of anilines is 1. The average Bonchev–Trinajstić information content (AvgIpc) is 2.89. The number of H-pyrrole nitrogens is 1. The highest BCUT2D eigenvalue weighted by atomic mass is 32.1. The number of hydrogen-bond donors (Lipinski definition) is 1. The Morgan fingerprint density at radius 1 is 1.09 bits per heavy atom. The molecule has 1 fully saturated rings. The zero-order valence-electron chi connectivity index (χ0n) is 19.4. The van der Waals surface area contributed by atoms with Gasteiger partial charge in [-0.25, -0.2) is 0 Å². The van der Waals surface area contributed by atoms with Gasteiger partial charge < -0.3 is 14.8 Å². The van der Waals surface area contributed by atoms with Gasteiger partial charge in [-0.05, 0) is 74.7 Å². The summed E-state index contributed by atoms with van der Waals surface area (Å²) in [6.45, 7) is 4.98. The summed E-state index contributed by atoms with van der Waals surface area (Å²) >= 11 is 5.59. The van der Waals surface area contributed by atoms with Crippen molar-refractivity contribution in [2.24, 2.45) is 5.92 Å². The predicted octanol–water partition coefficient (Wildman–Crippen LogP) is 4.94. The Kier molecular flexibility index (Phi) is 6.37. The first-order valence-electron chi connectivity index (χ1n) is 12.1. The van der Waals surface area contributed by atoms with Crippen LogP contribution in [0.5, 0.6) is 0 Å². The van der Waals surface area contributed by atoms with Crippen LogP contribution in [0, 0.1) is 10.7 Å². The maximum Gasteiger partial charge on any atom is 0.262 e. The van der Waals surface area contributed by atoms with Gasteiger partial charge in [-0.3, -0.25) is 14.2 Å². The number of benzene rings is 2. The Balaban J connectivity index is 1.36. The molecule has 0 bridgehead atoms. The van der Waals surface area contributed by atoms with Crippen molar-refractivity contribution in [1.29, 1.82) is 0 Å². The number of carbonyl (C=O) groups is 1. The van der Waals surface area contributed by atoms with Crippen LogP contribution in [0.1, 0.15) is 42.6 Å². The molecular formula is C27H30N4O2S. The first-order chi connectivity index (χ1) is 16.5. The predicted molar refractivity (Wildman–Crippen MR) is 139 cm³/mol. The standard InChI is InChI=1S/C27H30N4O2S/c1-19(20-8-4-2-5-9-20)31-26(33)23-13-12-21(18-24(23)28-27(31)34)25(32)30-16-14-29(15-17-30)22-10-6-3-7-11-22/h3-4,6-8,10-13,18-20H,2,5,9,14-17H2,1H3,(H,28,34). The summed E-state index contributed by atoms with van der Waals surface area (Å²) in [6.07, 6.45) is 7.69. The molecule has 1 aromatic heterocycles. The van der Waals surface area contributed by atoms with Crippen molar-refractivity contribution in [2.75, 3.05) is 31.1 Å². The van der Waals surface area contributed by atoms with E-state index in [1.807, 2.05) is 23.1 Å². The zero-order valence-corrected chi connectivity index (χ0v) is 20.3. The summed E-state index contributed by atoms with van der Waals surface area (Å²) in [5.74, 6) is 0.285. The monoisotopic (exact) mass is 474 g/mol. The van der Waals surface area contributed by atoms with Gasteiger partial charge in [0.2, 0.25) is 0 Å². The van der Waals surface area contributed by atoms with E-state index in [9.17, 15) is 9.59 Å². The first-order valence-corrected chi connectivity index (χ1v) is 12.5. The third kappa shape index (κ3) is 4.32. The van der Waals surface area contributed by atoms with Gasteiger partial charge >= 0.3 is 0 Å². The lowest BCUT2D eigenvalue weighted by Crippen LogP contribution is -2.48. The van der Waals surface area contributed by atoms with Crippen molar-refractivity contribution >= 4 is 34.7 Å². The van der Waals surface area contributed by atoms with Crippen LogP contribution < -0.4 is 10.5 Å². The topological polar surface area (TPSA) is 61.3 Å². The minimum Gasteiger partial charge on any atom is -0.368 e. The Bertz CT molecular complexity index is 1340. The number of amides is 1. The average molecular weight is 475 g/mol. The smallest absolute Gasteiger partial charge is 0.262 e. The number of para-hydroxylation sites is 1. The van der Waals surface area contributed by atoms with Gasteiger partial charge in [0.1, 0.15) is 0 Å². The minimum atomic E-state index is -0.0966. The van der Waals surface area contributed by atoms with E-state index in [-0.39, 0.29) is 17.5 Å².